The Labute approximate surface area is 117 Å². The van der Waals surface area contributed by atoms with E-state index in [9.17, 15) is 0 Å². The minimum Gasteiger partial charge on any atom is -0.488 e. The molecule has 0 unspecified atom stereocenters. The molecule has 1 heterocycles. The van der Waals surface area contributed by atoms with Gasteiger partial charge in [-0.25, -0.2) is 0 Å². The zero-order valence-corrected chi connectivity index (χ0v) is 11.1. The molecular formula is C17H13ClO. The molecule has 19 heavy (non-hydrogen) atoms. The van der Waals surface area contributed by atoms with Crippen LogP contribution < -0.4 is 4.74 Å². The predicted octanol–water partition coefficient (Wildman–Crippen LogP) is 4.83. The van der Waals surface area contributed by atoms with Crippen LogP contribution in [0.25, 0.3) is 12.2 Å². The van der Waals surface area contributed by atoms with Gasteiger partial charge in [0.05, 0.1) is 0 Å². The van der Waals surface area contributed by atoms with Crippen molar-refractivity contribution in [3.63, 3.8) is 0 Å². The zero-order valence-electron chi connectivity index (χ0n) is 10.3. The van der Waals surface area contributed by atoms with E-state index in [1.807, 2.05) is 36.4 Å². The lowest BCUT2D eigenvalue weighted by atomic mass is 10.1. The number of rotatable bonds is 2. The summed E-state index contributed by atoms with van der Waals surface area (Å²) in [6.07, 6.45) is 6.29. The molecule has 0 radical (unpaired) electrons. The second-order valence-electron chi connectivity index (χ2n) is 4.43. The van der Waals surface area contributed by atoms with Crippen molar-refractivity contribution in [1.29, 1.82) is 0 Å². The van der Waals surface area contributed by atoms with Gasteiger partial charge >= 0.3 is 0 Å². The maximum absolute atomic E-state index is 5.99. The van der Waals surface area contributed by atoms with E-state index in [2.05, 4.69) is 30.4 Å². The van der Waals surface area contributed by atoms with Gasteiger partial charge < -0.3 is 4.74 Å². The number of benzene rings is 2. The summed E-state index contributed by atoms with van der Waals surface area (Å²) in [4.78, 5) is 0. The van der Waals surface area contributed by atoms with Gasteiger partial charge in [0.15, 0.2) is 0 Å². The van der Waals surface area contributed by atoms with Crippen LogP contribution in [0.15, 0.2) is 60.2 Å². The van der Waals surface area contributed by atoms with E-state index >= 15 is 0 Å². The molecule has 2 aromatic carbocycles. The average molecular weight is 269 g/mol. The fourth-order valence-corrected chi connectivity index (χ4v) is 2.21. The Hall–Kier alpha value is -1.99. The van der Waals surface area contributed by atoms with Crippen molar-refractivity contribution in [3.05, 3.63) is 76.3 Å². The first-order valence-corrected chi connectivity index (χ1v) is 6.55. The first-order valence-electron chi connectivity index (χ1n) is 6.17. The van der Waals surface area contributed by atoms with Crippen LogP contribution in [-0.4, -0.2) is 6.61 Å². The lowest BCUT2D eigenvalue weighted by molar-refractivity contribution is 0.351. The van der Waals surface area contributed by atoms with E-state index in [0.29, 0.717) is 6.61 Å². The van der Waals surface area contributed by atoms with Gasteiger partial charge in [-0.3, -0.25) is 0 Å². The van der Waals surface area contributed by atoms with Gasteiger partial charge in [-0.15, -0.1) is 0 Å². The van der Waals surface area contributed by atoms with Crippen LogP contribution in [0.3, 0.4) is 0 Å². The van der Waals surface area contributed by atoms with Crippen LogP contribution in [0.1, 0.15) is 11.1 Å². The molecule has 0 aromatic heterocycles. The molecule has 1 nitrogen and oxygen atoms in total. The molecular weight excluding hydrogens is 256 g/mol. The third-order valence-corrected chi connectivity index (χ3v) is 3.23. The van der Waals surface area contributed by atoms with Gasteiger partial charge in [0, 0.05) is 10.6 Å². The van der Waals surface area contributed by atoms with Crippen LogP contribution >= 0.6 is 11.6 Å². The topological polar surface area (TPSA) is 9.23 Å². The highest BCUT2D eigenvalue weighted by molar-refractivity contribution is 6.30. The normalized spacial score (nSPS) is 13.8. The third kappa shape index (κ3) is 2.88. The molecule has 1 aliphatic heterocycles. The SMILES string of the molecule is Clc1ccc2c(c1)C=C(/C=C/c1ccccc1)CO2. The summed E-state index contributed by atoms with van der Waals surface area (Å²) in [5, 5.41) is 0.729. The van der Waals surface area contributed by atoms with Gasteiger partial charge in [0.1, 0.15) is 12.4 Å². The molecule has 0 saturated heterocycles. The van der Waals surface area contributed by atoms with E-state index in [4.69, 9.17) is 16.3 Å². The molecule has 1 aliphatic rings. The summed E-state index contributed by atoms with van der Waals surface area (Å²) in [5.74, 6) is 0.890. The number of ether oxygens (including phenoxy) is 1. The van der Waals surface area contributed by atoms with Gasteiger partial charge in [-0.2, -0.15) is 0 Å². The van der Waals surface area contributed by atoms with E-state index in [1.54, 1.807) is 0 Å². The summed E-state index contributed by atoms with van der Waals surface area (Å²) < 4.78 is 5.70. The van der Waals surface area contributed by atoms with Crippen LogP contribution in [-0.2, 0) is 0 Å². The maximum Gasteiger partial charge on any atom is 0.127 e. The summed E-state index contributed by atoms with van der Waals surface area (Å²) in [5.41, 5.74) is 3.35. The summed E-state index contributed by atoms with van der Waals surface area (Å²) in [6, 6.07) is 15.9. The van der Waals surface area contributed by atoms with Gasteiger partial charge in [-0.1, -0.05) is 54.1 Å². The van der Waals surface area contributed by atoms with Crippen molar-refractivity contribution < 1.29 is 4.74 Å². The lowest BCUT2D eigenvalue weighted by Crippen LogP contribution is -2.05. The van der Waals surface area contributed by atoms with Crippen LogP contribution in [0, 0.1) is 0 Å². The van der Waals surface area contributed by atoms with Crippen molar-refractivity contribution in [3.8, 4) is 5.75 Å². The minimum absolute atomic E-state index is 0.595. The standard InChI is InChI=1S/C17H13ClO/c18-16-8-9-17-15(11-16)10-14(12-19-17)7-6-13-4-2-1-3-5-13/h1-11H,12H2/b7-6+. The Bertz CT molecular complexity index is 642. The van der Waals surface area contributed by atoms with E-state index in [1.165, 1.54) is 5.56 Å². The zero-order chi connectivity index (χ0) is 13.1. The largest absolute Gasteiger partial charge is 0.488 e. The van der Waals surface area contributed by atoms with Gasteiger partial charge in [-0.05, 0) is 35.4 Å². The first kappa shape index (κ1) is 12.1. The molecule has 0 fully saturated rings. The number of fused-ring (bicyclic) bond motifs is 1. The van der Waals surface area contributed by atoms with Crippen LogP contribution in [0.5, 0.6) is 5.75 Å². The monoisotopic (exact) mass is 268 g/mol. The highest BCUT2D eigenvalue weighted by Gasteiger charge is 2.09. The highest BCUT2D eigenvalue weighted by Crippen LogP contribution is 2.29. The van der Waals surface area contributed by atoms with Gasteiger partial charge in [0.2, 0.25) is 0 Å². The maximum atomic E-state index is 5.99. The smallest absolute Gasteiger partial charge is 0.127 e. The minimum atomic E-state index is 0.595. The molecule has 0 bridgehead atoms. The van der Waals surface area contributed by atoms with Gasteiger partial charge in [0.25, 0.3) is 0 Å². The Balaban J connectivity index is 1.85. The molecule has 0 N–H and O–H groups in total. The van der Waals surface area contributed by atoms with E-state index in [-0.39, 0.29) is 0 Å². The lowest BCUT2D eigenvalue weighted by Gasteiger charge is -2.16. The quantitative estimate of drug-likeness (QED) is 0.758. The third-order valence-electron chi connectivity index (χ3n) is 3.00. The number of hydrogen-bond acceptors (Lipinski definition) is 1. The van der Waals surface area contributed by atoms with E-state index < -0.39 is 0 Å². The van der Waals surface area contributed by atoms with Crippen LogP contribution in [0.4, 0.5) is 0 Å². The first-order chi connectivity index (χ1) is 9.31. The molecule has 0 aliphatic carbocycles. The van der Waals surface area contributed by atoms with Crippen molar-refractivity contribution in [2.24, 2.45) is 0 Å². The van der Waals surface area contributed by atoms with Crippen LogP contribution in [0.2, 0.25) is 5.02 Å². The Kier molecular flexibility index (Phi) is 3.39. The fourth-order valence-electron chi connectivity index (χ4n) is 2.03. The number of hydrogen-bond donors (Lipinski definition) is 0. The fraction of sp³-hybridized carbons (Fsp3) is 0.0588. The second kappa shape index (κ2) is 5.33. The summed E-state index contributed by atoms with van der Waals surface area (Å²) in [6.45, 7) is 0.595. The molecule has 2 heteroatoms. The molecule has 0 spiro atoms. The summed E-state index contributed by atoms with van der Waals surface area (Å²) in [7, 11) is 0. The summed E-state index contributed by atoms with van der Waals surface area (Å²) >= 11 is 5.99. The van der Waals surface area contributed by atoms with Crippen molar-refractivity contribution in [2.45, 2.75) is 0 Å². The Morgan fingerprint density at radius 3 is 2.68 bits per heavy atom. The Morgan fingerprint density at radius 2 is 1.84 bits per heavy atom. The molecule has 0 amide bonds. The van der Waals surface area contributed by atoms with Crippen molar-refractivity contribution >= 4 is 23.8 Å². The molecule has 2 aromatic rings. The van der Waals surface area contributed by atoms with E-state index in [0.717, 1.165) is 21.9 Å². The molecule has 0 saturated carbocycles. The molecule has 94 valence electrons. The predicted molar refractivity (Wildman–Crippen MR) is 80.4 cm³/mol. The molecule has 0 atom stereocenters. The second-order valence-corrected chi connectivity index (χ2v) is 4.87. The average Bonchev–Trinajstić information content (AvgIpc) is 2.46. The highest BCUT2D eigenvalue weighted by atomic mass is 35.5. The van der Waals surface area contributed by atoms with Crippen molar-refractivity contribution in [1.82, 2.24) is 0 Å². The number of halogens is 1. The molecule has 3 rings (SSSR count). The Morgan fingerprint density at radius 1 is 1.00 bits per heavy atom. The van der Waals surface area contributed by atoms with Crippen molar-refractivity contribution in [2.75, 3.05) is 6.61 Å².